The summed E-state index contributed by atoms with van der Waals surface area (Å²) in [7, 11) is 0. The fraction of sp³-hybridized carbons (Fsp3) is 0.238. The van der Waals surface area contributed by atoms with E-state index in [1.54, 1.807) is 0 Å². The van der Waals surface area contributed by atoms with Crippen LogP contribution in [0.3, 0.4) is 0 Å². The van der Waals surface area contributed by atoms with Crippen molar-refractivity contribution in [3.05, 3.63) is 74.7 Å². The smallest absolute Gasteiger partial charge is 0.330 e. The number of pyridine rings is 1. The molecule has 0 aliphatic heterocycles. The number of carbonyl (C=O) groups is 1. The summed E-state index contributed by atoms with van der Waals surface area (Å²) in [6, 6.07) is 9.59. The Labute approximate surface area is 164 Å². The molecule has 146 valence electrons. The van der Waals surface area contributed by atoms with Gasteiger partial charge in [0.15, 0.2) is 0 Å². The topological polar surface area (TPSA) is 113 Å². The first-order chi connectivity index (χ1) is 14.1. The molecule has 1 saturated carbocycles. The molecule has 4 aromatic rings. The highest BCUT2D eigenvalue weighted by atomic mass is 16.2. The predicted octanol–water partition coefficient (Wildman–Crippen LogP) is 1.87. The van der Waals surface area contributed by atoms with E-state index in [0.717, 1.165) is 29.3 Å². The van der Waals surface area contributed by atoms with E-state index in [9.17, 15) is 14.4 Å². The molecule has 8 heteroatoms. The van der Waals surface area contributed by atoms with Crippen molar-refractivity contribution < 1.29 is 4.79 Å². The summed E-state index contributed by atoms with van der Waals surface area (Å²) < 4.78 is 1.51. The number of nitrogens with one attached hydrogen (secondary N) is 3. The molecule has 1 aromatic carbocycles. The Morgan fingerprint density at radius 3 is 2.86 bits per heavy atom. The number of para-hydroxylation sites is 1. The van der Waals surface area contributed by atoms with Gasteiger partial charge < -0.3 is 10.3 Å². The summed E-state index contributed by atoms with van der Waals surface area (Å²) in [6.07, 6.45) is 5.82. The zero-order valence-electron chi connectivity index (χ0n) is 15.6. The molecule has 0 bridgehead atoms. The lowest BCUT2D eigenvalue weighted by Crippen LogP contribution is -2.31. The molecule has 1 amide bonds. The number of hydrogen-bond donors (Lipinski definition) is 3. The van der Waals surface area contributed by atoms with Gasteiger partial charge in [-0.05, 0) is 37.0 Å². The van der Waals surface area contributed by atoms with E-state index < -0.39 is 11.2 Å². The molecule has 1 fully saturated rings. The lowest BCUT2D eigenvalue weighted by atomic mass is 10.1. The minimum absolute atomic E-state index is 0.0743. The van der Waals surface area contributed by atoms with Gasteiger partial charge in [-0.25, -0.2) is 9.78 Å². The van der Waals surface area contributed by atoms with Crippen LogP contribution in [0.25, 0.3) is 21.9 Å². The van der Waals surface area contributed by atoms with Crippen LogP contribution in [0.15, 0.2) is 52.3 Å². The zero-order chi connectivity index (χ0) is 20.0. The maximum atomic E-state index is 12.6. The fourth-order valence-corrected chi connectivity index (χ4v) is 3.68. The van der Waals surface area contributed by atoms with E-state index >= 15 is 0 Å². The largest absolute Gasteiger partial charge is 0.361 e. The first-order valence-corrected chi connectivity index (χ1v) is 9.59. The van der Waals surface area contributed by atoms with Crippen LogP contribution in [-0.2, 0) is 6.42 Å². The van der Waals surface area contributed by atoms with Crippen molar-refractivity contribution in [2.75, 3.05) is 6.54 Å². The average molecular weight is 389 g/mol. The van der Waals surface area contributed by atoms with Crippen molar-refractivity contribution in [3.63, 3.8) is 0 Å². The Hall–Kier alpha value is -3.68. The Morgan fingerprint density at radius 2 is 2.03 bits per heavy atom. The Bertz CT molecular complexity index is 1360. The van der Waals surface area contributed by atoms with Crippen LogP contribution in [0.5, 0.6) is 0 Å². The third-order valence-corrected chi connectivity index (χ3v) is 5.31. The zero-order valence-corrected chi connectivity index (χ0v) is 15.6. The fourth-order valence-electron chi connectivity index (χ4n) is 3.68. The maximum absolute atomic E-state index is 12.6. The van der Waals surface area contributed by atoms with Gasteiger partial charge in [0.1, 0.15) is 5.65 Å². The lowest BCUT2D eigenvalue weighted by Gasteiger charge is -2.09. The highest BCUT2D eigenvalue weighted by Crippen LogP contribution is 2.34. The van der Waals surface area contributed by atoms with E-state index in [0.29, 0.717) is 24.2 Å². The highest BCUT2D eigenvalue weighted by molar-refractivity contribution is 5.96. The summed E-state index contributed by atoms with van der Waals surface area (Å²) in [4.78, 5) is 46.7. The molecule has 29 heavy (non-hydrogen) atoms. The minimum atomic E-state index is -0.525. The molecule has 5 rings (SSSR count). The molecular formula is C21H19N5O3. The summed E-state index contributed by atoms with van der Waals surface area (Å²) in [5.74, 6) is -0.303. The van der Waals surface area contributed by atoms with Gasteiger partial charge in [0.2, 0.25) is 0 Å². The summed E-state index contributed by atoms with van der Waals surface area (Å²) in [5, 5.41) is 4.26. The summed E-state index contributed by atoms with van der Waals surface area (Å²) >= 11 is 0. The highest BCUT2D eigenvalue weighted by Gasteiger charge is 2.27. The van der Waals surface area contributed by atoms with Gasteiger partial charge in [0.25, 0.3) is 11.5 Å². The third-order valence-electron chi connectivity index (χ3n) is 5.31. The van der Waals surface area contributed by atoms with Gasteiger partial charge in [-0.3, -0.25) is 19.1 Å². The van der Waals surface area contributed by atoms with E-state index in [1.165, 1.54) is 16.8 Å². The molecule has 0 saturated heterocycles. The molecule has 0 atom stereocenters. The number of benzene rings is 1. The second-order valence-electron chi connectivity index (χ2n) is 7.32. The van der Waals surface area contributed by atoms with Crippen LogP contribution < -0.4 is 16.6 Å². The molecule has 0 unspecified atom stereocenters. The molecule has 3 N–H and O–H groups in total. The lowest BCUT2D eigenvalue weighted by molar-refractivity contribution is 0.0954. The quantitative estimate of drug-likeness (QED) is 0.484. The van der Waals surface area contributed by atoms with Gasteiger partial charge in [0, 0.05) is 35.9 Å². The summed E-state index contributed by atoms with van der Waals surface area (Å²) in [5.41, 5.74) is 1.84. The first-order valence-electron chi connectivity index (χ1n) is 9.59. The first kappa shape index (κ1) is 17.4. The van der Waals surface area contributed by atoms with Crippen molar-refractivity contribution in [3.8, 4) is 0 Å². The van der Waals surface area contributed by atoms with E-state index in [-0.39, 0.29) is 17.3 Å². The van der Waals surface area contributed by atoms with Crippen LogP contribution >= 0.6 is 0 Å². The van der Waals surface area contributed by atoms with Gasteiger partial charge in [0.05, 0.1) is 10.9 Å². The van der Waals surface area contributed by atoms with E-state index in [2.05, 4.69) is 20.3 Å². The van der Waals surface area contributed by atoms with Crippen molar-refractivity contribution in [1.29, 1.82) is 0 Å². The molecule has 0 spiro atoms. The normalized spacial score (nSPS) is 13.8. The number of hydrogen-bond acceptors (Lipinski definition) is 4. The Morgan fingerprint density at radius 1 is 1.21 bits per heavy atom. The molecular weight excluding hydrogens is 370 g/mol. The molecule has 1 aliphatic rings. The van der Waals surface area contributed by atoms with E-state index in [1.807, 2.05) is 30.5 Å². The van der Waals surface area contributed by atoms with E-state index in [4.69, 9.17) is 0 Å². The second-order valence-corrected chi connectivity index (χ2v) is 7.32. The monoisotopic (exact) mass is 389 g/mol. The number of H-pyrrole nitrogens is 2. The number of aromatic nitrogens is 4. The predicted molar refractivity (Wildman–Crippen MR) is 109 cm³/mol. The van der Waals surface area contributed by atoms with Crippen molar-refractivity contribution >= 4 is 27.8 Å². The van der Waals surface area contributed by atoms with Crippen LogP contribution in [0, 0.1) is 0 Å². The van der Waals surface area contributed by atoms with Crippen LogP contribution in [0.2, 0.25) is 0 Å². The number of amides is 1. The third kappa shape index (κ3) is 3.12. The number of nitrogens with zero attached hydrogens (tertiary/aromatic N) is 2. The van der Waals surface area contributed by atoms with Crippen molar-refractivity contribution in [2.24, 2.45) is 0 Å². The van der Waals surface area contributed by atoms with Gasteiger partial charge in [-0.2, -0.15) is 0 Å². The molecule has 3 heterocycles. The standard InChI is InChI=1S/C21H19N5O3/c27-19(22-8-7-12-10-23-17-4-2-1-3-15(12)17)13-9-16-18(24-11-13)26(14-5-6-14)21(29)25-20(16)28/h1-4,9-11,14,23H,5-8H2,(H,22,27)(H,25,28,29). The number of aromatic amines is 2. The second kappa shape index (κ2) is 6.73. The Kier molecular flexibility index (Phi) is 4.04. The van der Waals surface area contributed by atoms with Crippen LogP contribution in [0.1, 0.15) is 34.8 Å². The van der Waals surface area contributed by atoms with Crippen molar-refractivity contribution in [2.45, 2.75) is 25.3 Å². The molecule has 3 aromatic heterocycles. The van der Waals surface area contributed by atoms with Gasteiger partial charge in [-0.1, -0.05) is 18.2 Å². The molecule has 1 aliphatic carbocycles. The molecule has 0 radical (unpaired) electrons. The Balaban J connectivity index is 1.36. The maximum Gasteiger partial charge on any atom is 0.330 e. The number of carbonyl (C=O) groups excluding carboxylic acids is 1. The van der Waals surface area contributed by atoms with Crippen LogP contribution in [0.4, 0.5) is 0 Å². The number of rotatable bonds is 5. The van der Waals surface area contributed by atoms with Gasteiger partial charge in [-0.15, -0.1) is 0 Å². The molecule has 8 nitrogen and oxygen atoms in total. The SMILES string of the molecule is O=C(NCCc1c[nH]c2ccccc12)c1cnc2c(c1)c(=O)[nH]c(=O)n2C1CC1. The van der Waals surface area contributed by atoms with Gasteiger partial charge >= 0.3 is 5.69 Å². The summed E-state index contributed by atoms with van der Waals surface area (Å²) in [6.45, 7) is 0.455. The van der Waals surface area contributed by atoms with Crippen molar-refractivity contribution in [1.82, 2.24) is 24.8 Å². The minimum Gasteiger partial charge on any atom is -0.361 e. The number of fused-ring (bicyclic) bond motifs is 2. The average Bonchev–Trinajstić information content (AvgIpc) is 3.47. The van der Waals surface area contributed by atoms with Crippen LogP contribution in [-0.4, -0.2) is 32.0 Å².